The van der Waals surface area contributed by atoms with E-state index in [0.717, 1.165) is 23.3 Å². The summed E-state index contributed by atoms with van der Waals surface area (Å²) in [6.07, 6.45) is 1.92. The molecule has 18 heavy (non-hydrogen) atoms. The lowest BCUT2D eigenvalue weighted by atomic mass is 10.0. The molecule has 0 amide bonds. The van der Waals surface area contributed by atoms with Crippen LogP contribution in [0.3, 0.4) is 0 Å². The summed E-state index contributed by atoms with van der Waals surface area (Å²) in [5.41, 5.74) is 7.96. The first-order chi connectivity index (χ1) is 8.28. The molecule has 5 heteroatoms. The largest absolute Gasteiger partial charge is 0.492 e. The first-order valence-electron chi connectivity index (χ1n) is 5.93. The van der Waals surface area contributed by atoms with E-state index < -0.39 is 9.84 Å². The molecule has 4 nitrogen and oxygen atoms in total. The van der Waals surface area contributed by atoms with Crippen molar-refractivity contribution >= 4 is 9.84 Å². The molecule has 1 aromatic rings. The summed E-state index contributed by atoms with van der Waals surface area (Å²) in [5.74, 6) is 0.750. The van der Waals surface area contributed by atoms with Crippen LogP contribution in [0.2, 0.25) is 0 Å². The zero-order chi connectivity index (χ0) is 13.8. The molecule has 1 rings (SSSR count). The molecule has 1 aromatic carbocycles. The second-order valence-corrected chi connectivity index (χ2v) is 7.03. The molecular formula is C13H21NO3S. The van der Waals surface area contributed by atoms with Gasteiger partial charge in [-0.05, 0) is 31.9 Å². The second kappa shape index (κ2) is 6.20. The van der Waals surface area contributed by atoms with Crippen molar-refractivity contribution in [3.05, 3.63) is 29.3 Å². The molecule has 1 unspecified atom stereocenters. The molecule has 2 N–H and O–H groups in total. The minimum Gasteiger partial charge on any atom is -0.492 e. The second-order valence-electron chi connectivity index (χ2n) is 4.77. The zero-order valence-corrected chi connectivity index (χ0v) is 12.0. The number of sulfone groups is 1. The molecule has 0 fully saturated rings. The van der Waals surface area contributed by atoms with Gasteiger partial charge in [0.2, 0.25) is 0 Å². The third-order valence-electron chi connectivity index (χ3n) is 2.47. The van der Waals surface area contributed by atoms with Gasteiger partial charge in [0.05, 0.1) is 5.75 Å². The van der Waals surface area contributed by atoms with Gasteiger partial charge >= 0.3 is 0 Å². The third-order valence-corrected chi connectivity index (χ3v) is 3.38. The van der Waals surface area contributed by atoms with Crippen molar-refractivity contribution in [2.75, 3.05) is 18.6 Å². The van der Waals surface area contributed by atoms with Gasteiger partial charge in [0.15, 0.2) is 9.84 Å². The minimum absolute atomic E-state index is 0.0263. The van der Waals surface area contributed by atoms with E-state index in [0.29, 0.717) is 0 Å². The van der Waals surface area contributed by atoms with E-state index in [9.17, 15) is 8.42 Å². The highest BCUT2D eigenvalue weighted by Gasteiger charge is 2.08. The highest BCUT2D eigenvalue weighted by atomic mass is 32.2. The topological polar surface area (TPSA) is 69.4 Å². The fourth-order valence-corrected chi connectivity index (χ4v) is 2.04. The van der Waals surface area contributed by atoms with Crippen LogP contribution in [0.1, 0.15) is 18.1 Å². The predicted molar refractivity (Wildman–Crippen MR) is 73.7 cm³/mol. The maximum Gasteiger partial charge on any atom is 0.150 e. The average Bonchev–Trinajstić information content (AvgIpc) is 2.18. The quantitative estimate of drug-likeness (QED) is 0.847. The lowest BCUT2D eigenvalue weighted by Crippen LogP contribution is -2.19. The van der Waals surface area contributed by atoms with Crippen LogP contribution < -0.4 is 10.5 Å². The van der Waals surface area contributed by atoms with E-state index in [-0.39, 0.29) is 18.4 Å². The van der Waals surface area contributed by atoms with Gasteiger partial charge in [-0.1, -0.05) is 17.7 Å². The predicted octanol–water partition coefficient (Wildman–Crippen LogP) is 1.31. The lowest BCUT2D eigenvalue weighted by Gasteiger charge is -2.13. The Labute approximate surface area is 109 Å². The minimum atomic E-state index is -2.99. The van der Waals surface area contributed by atoms with Gasteiger partial charge in [0.1, 0.15) is 12.4 Å². The summed E-state index contributed by atoms with van der Waals surface area (Å²) in [6.45, 7) is 4.11. The number of rotatable bonds is 6. The molecule has 0 aliphatic rings. The van der Waals surface area contributed by atoms with Crippen LogP contribution in [0.5, 0.6) is 5.75 Å². The van der Waals surface area contributed by atoms with Crippen LogP contribution >= 0.6 is 0 Å². The van der Waals surface area contributed by atoms with Gasteiger partial charge in [0.25, 0.3) is 0 Å². The lowest BCUT2D eigenvalue weighted by molar-refractivity contribution is 0.336. The maximum absolute atomic E-state index is 11.0. The Balaban J connectivity index is 2.75. The Morgan fingerprint density at radius 3 is 2.61 bits per heavy atom. The van der Waals surface area contributed by atoms with Crippen LogP contribution in [-0.4, -0.2) is 33.1 Å². The Morgan fingerprint density at radius 1 is 1.39 bits per heavy atom. The molecule has 0 aromatic heterocycles. The van der Waals surface area contributed by atoms with Gasteiger partial charge in [-0.3, -0.25) is 0 Å². The van der Waals surface area contributed by atoms with E-state index in [4.69, 9.17) is 10.5 Å². The number of aryl methyl sites for hydroxylation is 1. The van der Waals surface area contributed by atoms with E-state index in [2.05, 4.69) is 0 Å². The SMILES string of the molecule is Cc1ccc(OCCS(C)(=O)=O)c(CC(C)N)c1. The van der Waals surface area contributed by atoms with Crippen LogP contribution in [0.15, 0.2) is 18.2 Å². The van der Waals surface area contributed by atoms with E-state index in [1.807, 2.05) is 32.0 Å². The summed E-state index contributed by atoms with van der Waals surface area (Å²) in [7, 11) is -2.99. The Bertz CT molecular complexity index is 495. The molecule has 0 aliphatic carbocycles. The fraction of sp³-hybridized carbons (Fsp3) is 0.538. The number of hydrogen-bond acceptors (Lipinski definition) is 4. The normalized spacial score (nSPS) is 13.3. The van der Waals surface area contributed by atoms with Crippen molar-refractivity contribution in [2.45, 2.75) is 26.3 Å². The van der Waals surface area contributed by atoms with E-state index in [1.54, 1.807) is 0 Å². The summed E-state index contributed by atoms with van der Waals surface area (Å²) in [6, 6.07) is 5.89. The first kappa shape index (κ1) is 15.0. The molecule has 1 atom stereocenters. The molecular weight excluding hydrogens is 250 g/mol. The Hall–Kier alpha value is -1.07. The molecule has 0 bridgehead atoms. The Kier molecular flexibility index (Phi) is 5.16. The van der Waals surface area contributed by atoms with Crippen molar-refractivity contribution in [1.82, 2.24) is 0 Å². The third kappa shape index (κ3) is 5.51. The molecule has 0 aliphatic heterocycles. The van der Waals surface area contributed by atoms with Crippen molar-refractivity contribution in [3.63, 3.8) is 0 Å². The van der Waals surface area contributed by atoms with Crippen molar-refractivity contribution in [3.8, 4) is 5.75 Å². The van der Waals surface area contributed by atoms with Gasteiger partial charge in [0, 0.05) is 12.3 Å². The molecule has 102 valence electrons. The standard InChI is InChI=1S/C13H21NO3S/c1-10-4-5-13(12(8-10)9-11(2)14)17-6-7-18(3,15)16/h4-5,8,11H,6-7,9,14H2,1-3H3. The van der Waals surface area contributed by atoms with Crippen molar-refractivity contribution in [1.29, 1.82) is 0 Å². The number of ether oxygens (including phenoxy) is 1. The van der Waals surface area contributed by atoms with Crippen LogP contribution in [0.4, 0.5) is 0 Å². The van der Waals surface area contributed by atoms with E-state index in [1.165, 1.54) is 6.26 Å². The van der Waals surface area contributed by atoms with Crippen LogP contribution in [0, 0.1) is 6.92 Å². The van der Waals surface area contributed by atoms with Gasteiger partial charge < -0.3 is 10.5 Å². The molecule has 0 saturated heterocycles. The molecule has 0 radical (unpaired) electrons. The first-order valence-corrected chi connectivity index (χ1v) is 7.99. The number of hydrogen-bond donors (Lipinski definition) is 1. The summed E-state index contributed by atoms with van der Waals surface area (Å²) in [4.78, 5) is 0. The monoisotopic (exact) mass is 271 g/mol. The highest BCUT2D eigenvalue weighted by Crippen LogP contribution is 2.21. The van der Waals surface area contributed by atoms with Crippen LogP contribution in [0.25, 0.3) is 0 Å². The number of nitrogens with two attached hydrogens (primary N) is 1. The summed E-state index contributed by atoms with van der Waals surface area (Å²) < 4.78 is 27.6. The smallest absolute Gasteiger partial charge is 0.150 e. The Morgan fingerprint density at radius 2 is 2.06 bits per heavy atom. The van der Waals surface area contributed by atoms with Crippen LogP contribution in [-0.2, 0) is 16.3 Å². The van der Waals surface area contributed by atoms with Gasteiger partial charge in [-0.25, -0.2) is 8.42 Å². The maximum atomic E-state index is 11.0. The fourth-order valence-electron chi connectivity index (χ4n) is 1.66. The summed E-state index contributed by atoms with van der Waals surface area (Å²) in [5, 5.41) is 0. The average molecular weight is 271 g/mol. The highest BCUT2D eigenvalue weighted by molar-refractivity contribution is 7.90. The van der Waals surface area contributed by atoms with Crippen molar-refractivity contribution in [2.24, 2.45) is 5.73 Å². The van der Waals surface area contributed by atoms with Gasteiger partial charge in [-0.15, -0.1) is 0 Å². The van der Waals surface area contributed by atoms with Gasteiger partial charge in [-0.2, -0.15) is 0 Å². The zero-order valence-electron chi connectivity index (χ0n) is 11.1. The molecule has 0 spiro atoms. The van der Waals surface area contributed by atoms with Crippen molar-refractivity contribution < 1.29 is 13.2 Å². The number of benzene rings is 1. The molecule has 0 saturated carbocycles. The summed E-state index contributed by atoms with van der Waals surface area (Å²) >= 11 is 0. The molecule has 0 heterocycles. The van der Waals surface area contributed by atoms with E-state index >= 15 is 0 Å².